The first-order chi connectivity index (χ1) is 12.5. The van der Waals surface area contributed by atoms with E-state index in [0.29, 0.717) is 25.5 Å². The van der Waals surface area contributed by atoms with Crippen molar-refractivity contribution in [3.05, 3.63) is 45.9 Å². The number of benzene rings is 1. The number of rotatable bonds is 9. The lowest BCUT2D eigenvalue weighted by atomic mass is 10.0. The van der Waals surface area contributed by atoms with Gasteiger partial charge >= 0.3 is 0 Å². The van der Waals surface area contributed by atoms with Crippen molar-refractivity contribution in [3.63, 3.8) is 0 Å². The van der Waals surface area contributed by atoms with Crippen LogP contribution in [0.15, 0.2) is 29.6 Å². The molecule has 5 heteroatoms. The average Bonchev–Trinajstić information content (AvgIpc) is 3.10. The van der Waals surface area contributed by atoms with E-state index in [9.17, 15) is 4.79 Å². The highest BCUT2D eigenvalue weighted by Crippen LogP contribution is 2.27. The summed E-state index contributed by atoms with van der Waals surface area (Å²) in [5, 5.41) is 2.97. The minimum atomic E-state index is 0.177. The van der Waals surface area contributed by atoms with Gasteiger partial charge in [-0.2, -0.15) is 0 Å². The molecule has 0 spiro atoms. The zero-order valence-electron chi connectivity index (χ0n) is 16.5. The minimum absolute atomic E-state index is 0.177. The maximum atomic E-state index is 12.2. The second kappa shape index (κ2) is 9.72. The molecular weight excluding hydrogens is 344 g/mol. The number of thiazole rings is 1. The lowest BCUT2D eigenvalue weighted by Crippen LogP contribution is -2.37. The number of aromatic nitrogens is 1. The Labute approximate surface area is 161 Å². The van der Waals surface area contributed by atoms with E-state index in [4.69, 9.17) is 4.74 Å². The van der Waals surface area contributed by atoms with Crippen LogP contribution >= 0.6 is 11.3 Å². The molecule has 0 fully saturated rings. The van der Waals surface area contributed by atoms with E-state index >= 15 is 0 Å². The molecule has 26 heavy (non-hydrogen) atoms. The van der Waals surface area contributed by atoms with Gasteiger partial charge in [0.15, 0.2) is 0 Å². The quantitative estimate of drug-likeness (QED) is 0.591. The van der Waals surface area contributed by atoms with E-state index < -0.39 is 0 Å². The van der Waals surface area contributed by atoms with Gasteiger partial charge in [-0.3, -0.25) is 4.79 Å². The second-order valence-electron chi connectivity index (χ2n) is 6.85. The second-order valence-corrected chi connectivity index (χ2v) is 7.79. The maximum absolute atomic E-state index is 12.2. The summed E-state index contributed by atoms with van der Waals surface area (Å²) in [7, 11) is 0. The Hall–Kier alpha value is -1.88. The summed E-state index contributed by atoms with van der Waals surface area (Å²) in [4.78, 5) is 18.8. The standard InChI is InChI=1S/C21H30N2O2S/c1-6-16(5)23(21(24)7-2)12-17-14-26-20(22-17)13-25-19-11-9-8-10-18(19)15(3)4/h8-11,14-16H,6-7,12-13H2,1-5H3/t16-/m1/s1. The van der Waals surface area contributed by atoms with Gasteiger partial charge in [-0.1, -0.05) is 45.9 Å². The molecule has 1 heterocycles. The number of nitrogens with zero attached hydrogens (tertiary/aromatic N) is 2. The van der Waals surface area contributed by atoms with Crippen LogP contribution in [0.2, 0.25) is 0 Å². The summed E-state index contributed by atoms with van der Waals surface area (Å²) in [5.41, 5.74) is 2.15. The van der Waals surface area contributed by atoms with Crippen molar-refractivity contribution in [2.75, 3.05) is 0 Å². The average molecular weight is 375 g/mol. The number of amides is 1. The summed E-state index contributed by atoms with van der Waals surface area (Å²) in [6.07, 6.45) is 1.47. The van der Waals surface area contributed by atoms with E-state index in [2.05, 4.69) is 38.7 Å². The summed E-state index contributed by atoms with van der Waals surface area (Å²) >= 11 is 1.59. The Morgan fingerprint density at radius 2 is 1.96 bits per heavy atom. The Kier molecular flexibility index (Phi) is 7.64. The van der Waals surface area contributed by atoms with Gasteiger partial charge in [0.2, 0.25) is 5.91 Å². The number of carbonyl (C=O) groups is 1. The molecule has 142 valence electrons. The van der Waals surface area contributed by atoms with Crippen LogP contribution in [0.25, 0.3) is 0 Å². The molecule has 4 nitrogen and oxygen atoms in total. The number of para-hydroxylation sites is 1. The molecule has 0 aliphatic carbocycles. The molecule has 0 unspecified atom stereocenters. The van der Waals surface area contributed by atoms with Crippen LogP contribution in [0.5, 0.6) is 5.75 Å². The highest BCUT2D eigenvalue weighted by molar-refractivity contribution is 7.09. The first-order valence-electron chi connectivity index (χ1n) is 9.40. The fourth-order valence-electron chi connectivity index (χ4n) is 2.80. The van der Waals surface area contributed by atoms with Crippen LogP contribution < -0.4 is 4.74 Å². The lowest BCUT2D eigenvalue weighted by Gasteiger charge is -2.27. The molecule has 1 aromatic heterocycles. The van der Waals surface area contributed by atoms with Crippen LogP contribution in [0.4, 0.5) is 0 Å². The van der Waals surface area contributed by atoms with Gasteiger partial charge < -0.3 is 9.64 Å². The Morgan fingerprint density at radius 1 is 1.23 bits per heavy atom. The third-order valence-electron chi connectivity index (χ3n) is 4.57. The molecular formula is C21H30N2O2S. The van der Waals surface area contributed by atoms with Gasteiger partial charge in [0.1, 0.15) is 17.4 Å². The fraction of sp³-hybridized carbons (Fsp3) is 0.524. The van der Waals surface area contributed by atoms with E-state index in [1.165, 1.54) is 5.56 Å². The molecule has 0 aliphatic heterocycles. The van der Waals surface area contributed by atoms with Gasteiger partial charge in [-0.15, -0.1) is 11.3 Å². The molecule has 1 atom stereocenters. The highest BCUT2D eigenvalue weighted by Gasteiger charge is 2.19. The molecule has 0 aliphatic rings. The molecule has 2 aromatic rings. The van der Waals surface area contributed by atoms with Crippen molar-refractivity contribution < 1.29 is 9.53 Å². The van der Waals surface area contributed by atoms with Gasteiger partial charge in [0.05, 0.1) is 12.2 Å². The summed E-state index contributed by atoms with van der Waals surface area (Å²) < 4.78 is 6.01. The predicted octanol–water partition coefficient (Wildman–Crippen LogP) is 5.38. The molecule has 0 bridgehead atoms. The van der Waals surface area contributed by atoms with Crippen LogP contribution in [-0.4, -0.2) is 21.8 Å². The van der Waals surface area contributed by atoms with Crippen LogP contribution in [0.3, 0.4) is 0 Å². The summed E-state index contributed by atoms with van der Waals surface area (Å²) in [6.45, 7) is 11.5. The van der Waals surface area contributed by atoms with Crippen LogP contribution in [-0.2, 0) is 17.9 Å². The number of carbonyl (C=O) groups excluding carboxylic acids is 1. The zero-order chi connectivity index (χ0) is 19.1. The van der Waals surface area contributed by atoms with Crippen molar-refractivity contribution in [1.82, 2.24) is 9.88 Å². The third-order valence-corrected chi connectivity index (χ3v) is 5.44. The van der Waals surface area contributed by atoms with E-state index in [1.807, 2.05) is 35.4 Å². The first-order valence-corrected chi connectivity index (χ1v) is 10.3. The molecule has 0 saturated carbocycles. The number of ether oxygens (including phenoxy) is 1. The van der Waals surface area contributed by atoms with Crippen molar-refractivity contribution in [2.45, 2.75) is 72.6 Å². The Balaban J connectivity index is 2.02. The lowest BCUT2D eigenvalue weighted by molar-refractivity contribution is -0.133. The van der Waals surface area contributed by atoms with Crippen molar-refractivity contribution >= 4 is 17.2 Å². The third kappa shape index (κ3) is 5.31. The van der Waals surface area contributed by atoms with Crippen molar-refractivity contribution in [1.29, 1.82) is 0 Å². The predicted molar refractivity (Wildman–Crippen MR) is 108 cm³/mol. The Morgan fingerprint density at radius 3 is 2.62 bits per heavy atom. The highest BCUT2D eigenvalue weighted by atomic mass is 32.1. The topological polar surface area (TPSA) is 42.4 Å². The number of hydrogen-bond acceptors (Lipinski definition) is 4. The van der Waals surface area contributed by atoms with Gasteiger partial charge in [0, 0.05) is 17.8 Å². The summed E-state index contributed by atoms with van der Waals surface area (Å²) in [5.74, 6) is 1.51. The minimum Gasteiger partial charge on any atom is -0.486 e. The van der Waals surface area contributed by atoms with Crippen LogP contribution in [0.1, 0.15) is 69.6 Å². The van der Waals surface area contributed by atoms with Crippen molar-refractivity contribution in [2.24, 2.45) is 0 Å². The van der Waals surface area contributed by atoms with Gasteiger partial charge in [-0.05, 0) is 30.9 Å². The molecule has 0 saturated heterocycles. The Bertz CT molecular complexity index is 712. The SMILES string of the molecule is CCC(=O)N(Cc1csc(COc2ccccc2C(C)C)n1)[C@H](C)CC. The monoisotopic (exact) mass is 374 g/mol. The molecule has 1 aromatic carbocycles. The van der Waals surface area contributed by atoms with E-state index in [0.717, 1.165) is 22.9 Å². The van der Waals surface area contributed by atoms with E-state index in [1.54, 1.807) is 11.3 Å². The molecule has 1 amide bonds. The van der Waals surface area contributed by atoms with Crippen molar-refractivity contribution in [3.8, 4) is 5.75 Å². The smallest absolute Gasteiger partial charge is 0.222 e. The zero-order valence-corrected chi connectivity index (χ0v) is 17.3. The molecule has 2 rings (SSSR count). The van der Waals surface area contributed by atoms with Gasteiger partial charge in [0.25, 0.3) is 0 Å². The van der Waals surface area contributed by atoms with Crippen LogP contribution in [0, 0.1) is 0 Å². The maximum Gasteiger partial charge on any atom is 0.222 e. The number of hydrogen-bond donors (Lipinski definition) is 0. The first kappa shape index (κ1) is 20.4. The van der Waals surface area contributed by atoms with Gasteiger partial charge in [-0.25, -0.2) is 4.98 Å². The fourth-order valence-corrected chi connectivity index (χ4v) is 3.50. The summed E-state index contributed by atoms with van der Waals surface area (Å²) in [6, 6.07) is 8.37. The largest absolute Gasteiger partial charge is 0.486 e. The van der Waals surface area contributed by atoms with E-state index in [-0.39, 0.29) is 11.9 Å². The normalized spacial score (nSPS) is 12.2. The molecule has 0 radical (unpaired) electrons. The molecule has 0 N–H and O–H groups in total.